The first-order valence-electron chi connectivity index (χ1n) is 8.85. The van der Waals surface area contributed by atoms with Gasteiger partial charge >= 0.3 is 0 Å². The molecule has 0 unspecified atom stereocenters. The lowest BCUT2D eigenvalue weighted by atomic mass is 9.82. The van der Waals surface area contributed by atoms with Gasteiger partial charge in [0.25, 0.3) is 0 Å². The molecule has 0 radical (unpaired) electrons. The van der Waals surface area contributed by atoms with Gasteiger partial charge in [-0.1, -0.05) is 68.4 Å². The summed E-state index contributed by atoms with van der Waals surface area (Å²) in [6.45, 7) is 4.55. The molecule has 26 heavy (non-hydrogen) atoms. The van der Waals surface area contributed by atoms with Crippen molar-refractivity contribution in [3.8, 4) is 28.0 Å². The molecule has 4 aromatic rings. The summed E-state index contributed by atoms with van der Waals surface area (Å²) in [5.41, 5.74) is 7.23. The maximum absolute atomic E-state index is 9.65. The highest BCUT2D eigenvalue weighted by molar-refractivity contribution is 5.89. The molecule has 1 aliphatic carbocycles. The first-order chi connectivity index (χ1) is 12.5. The van der Waals surface area contributed by atoms with Crippen molar-refractivity contribution in [1.29, 1.82) is 0 Å². The SMILES string of the molecule is CC1(C)c2cc(-c3ccc4cc(O)ccc4c3)c#cc2-c2ccccc21. The lowest BCUT2D eigenvalue weighted by Crippen LogP contribution is -2.14. The minimum Gasteiger partial charge on any atom is -0.508 e. The van der Waals surface area contributed by atoms with Crippen molar-refractivity contribution in [2.45, 2.75) is 19.3 Å². The Hall–Kier alpha value is -3.24. The Balaban J connectivity index is 1.67. The van der Waals surface area contributed by atoms with Gasteiger partial charge in [-0.05, 0) is 57.3 Å². The minimum absolute atomic E-state index is 0.0328. The van der Waals surface area contributed by atoms with E-state index in [1.807, 2.05) is 12.1 Å². The van der Waals surface area contributed by atoms with Crippen molar-refractivity contribution in [3.63, 3.8) is 0 Å². The number of fused-ring (bicyclic) bond motifs is 4. The summed E-state index contributed by atoms with van der Waals surface area (Å²) >= 11 is 0. The molecule has 4 aromatic carbocycles. The molecular weight excluding hydrogens is 316 g/mol. The van der Waals surface area contributed by atoms with Gasteiger partial charge in [-0.15, -0.1) is 0 Å². The number of hydrogen-bond donors (Lipinski definition) is 1. The molecule has 0 fully saturated rings. The largest absolute Gasteiger partial charge is 0.508 e. The first kappa shape index (κ1) is 15.0. The normalized spacial score (nSPS) is 13.9. The Bertz CT molecular complexity index is 1170. The quantitative estimate of drug-likeness (QED) is 0.444. The molecule has 0 bridgehead atoms. The van der Waals surface area contributed by atoms with Crippen LogP contribution in [0.25, 0.3) is 33.0 Å². The van der Waals surface area contributed by atoms with Gasteiger partial charge in [-0.3, -0.25) is 0 Å². The van der Waals surface area contributed by atoms with Gasteiger partial charge in [-0.2, -0.15) is 0 Å². The second-order valence-electron chi connectivity index (χ2n) is 7.51. The fourth-order valence-electron chi connectivity index (χ4n) is 4.10. The van der Waals surface area contributed by atoms with E-state index in [0.717, 1.165) is 21.9 Å². The van der Waals surface area contributed by atoms with E-state index < -0.39 is 0 Å². The number of aromatic hydroxyl groups is 1. The Morgan fingerprint density at radius 2 is 1.54 bits per heavy atom. The average molecular weight is 334 g/mol. The third-order valence-corrected chi connectivity index (χ3v) is 5.56. The van der Waals surface area contributed by atoms with Crippen LogP contribution in [0.2, 0.25) is 0 Å². The number of hydrogen-bond acceptors (Lipinski definition) is 1. The molecular formula is C25H18O. The second kappa shape index (κ2) is 5.13. The topological polar surface area (TPSA) is 20.2 Å². The number of benzene rings is 3. The van der Waals surface area contributed by atoms with Gasteiger partial charge in [0.1, 0.15) is 5.75 Å². The molecule has 124 valence electrons. The van der Waals surface area contributed by atoms with Crippen LogP contribution in [0.3, 0.4) is 0 Å². The summed E-state index contributed by atoms with van der Waals surface area (Å²) in [5.74, 6) is 0.294. The minimum atomic E-state index is -0.0328. The molecule has 0 saturated heterocycles. The Kier molecular flexibility index (Phi) is 2.97. The summed E-state index contributed by atoms with van der Waals surface area (Å²) in [7, 11) is 0. The molecule has 0 aromatic heterocycles. The Morgan fingerprint density at radius 1 is 0.769 bits per heavy atom. The van der Waals surface area contributed by atoms with Crippen molar-refractivity contribution >= 4 is 10.8 Å². The average Bonchev–Trinajstić information content (AvgIpc) is 2.89. The van der Waals surface area contributed by atoms with Gasteiger partial charge in [-0.25, -0.2) is 0 Å². The van der Waals surface area contributed by atoms with E-state index >= 15 is 0 Å². The lowest BCUT2D eigenvalue weighted by Gasteiger charge is -2.21. The van der Waals surface area contributed by atoms with Crippen LogP contribution in [0, 0.1) is 12.1 Å². The van der Waals surface area contributed by atoms with Gasteiger partial charge in [0.2, 0.25) is 0 Å². The second-order valence-corrected chi connectivity index (χ2v) is 7.51. The molecule has 1 heteroatoms. The zero-order valence-electron chi connectivity index (χ0n) is 14.8. The first-order valence-corrected chi connectivity index (χ1v) is 8.85. The zero-order valence-corrected chi connectivity index (χ0v) is 14.8. The van der Waals surface area contributed by atoms with E-state index in [1.54, 1.807) is 12.1 Å². The predicted molar refractivity (Wildman–Crippen MR) is 106 cm³/mol. The zero-order chi connectivity index (χ0) is 17.9. The fraction of sp³-hybridized carbons (Fsp3) is 0.120. The van der Waals surface area contributed by atoms with Gasteiger partial charge in [0.05, 0.1) is 0 Å². The summed E-state index contributed by atoms with van der Waals surface area (Å²) < 4.78 is 0. The highest BCUT2D eigenvalue weighted by atomic mass is 16.3. The van der Waals surface area contributed by atoms with Crippen LogP contribution in [-0.2, 0) is 5.41 Å². The predicted octanol–water partition coefficient (Wildman–Crippen LogP) is 6.12. The summed E-state index contributed by atoms with van der Waals surface area (Å²) in [5, 5.41) is 11.8. The van der Waals surface area contributed by atoms with E-state index in [-0.39, 0.29) is 5.41 Å². The van der Waals surface area contributed by atoms with Crippen LogP contribution in [0.5, 0.6) is 5.75 Å². The van der Waals surface area contributed by atoms with Crippen molar-refractivity contribution in [2.24, 2.45) is 0 Å². The monoisotopic (exact) mass is 334 g/mol. The fourth-order valence-corrected chi connectivity index (χ4v) is 4.10. The maximum Gasteiger partial charge on any atom is 0.116 e. The smallest absolute Gasteiger partial charge is 0.116 e. The number of phenols is 1. The molecule has 1 aliphatic rings. The molecule has 5 rings (SSSR count). The van der Waals surface area contributed by atoms with Crippen molar-refractivity contribution < 1.29 is 5.11 Å². The van der Waals surface area contributed by atoms with Crippen molar-refractivity contribution in [1.82, 2.24) is 0 Å². The van der Waals surface area contributed by atoms with Crippen LogP contribution in [0.1, 0.15) is 25.0 Å². The van der Waals surface area contributed by atoms with Crippen LogP contribution in [0.4, 0.5) is 0 Å². The molecule has 0 atom stereocenters. The maximum atomic E-state index is 9.65. The van der Waals surface area contributed by atoms with Crippen LogP contribution < -0.4 is 0 Å². The molecule has 0 aliphatic heterocycles. The molecule has 0 spiro atoms. The van der Waals surface area contributed by atoms with E-state index in [4.69, 9.17) is 0 Å². The number of phenolic OH excluding ortho intramolecular Hbond substituents is 1. The standard InChI is InChI=1S/C25H18O/c1-25(2)23-6-4-3-5-21(23)22-12-10-19(15-24(22)25)16-7-8-18-14-20(26)11-9-17(18)13-16/h3-9,11,13-15,26H,1-2H3. The molecule has 0 heterocycles. The Labute approximate surface area is 153 Å². The van der Waals surface area contributed by atoms with Gasteiger partial charge in [0.15, 0.2) is 0 Å². The van der Waals surface area contributed by atoms with E-state index in [1.165, 1.54) is 22.3 Å². The van der Waals surface area contributed by atoms with Crippen molar-refractivity contribution in [3.05, 3.63) is 90.0 Å². The highest BCUT2D eigenvalue weighted by Crippen LogP contribution is 2.48. The third kappa shape index (κ3) is 2.06. The van der Waals surface area contributed by atoms with E-state index in [9.17, 15) is 5.11 Å². The van der Waals surface area contributed by atoms with Gasteiger partial charge < -0.3 is 5.11 Å². The third-order valence-electron chi connectivity index (χ3n) is 5.56. The van der Waals surface area contributed by atoms with Crippen LogP contribution in [-0.4, -0.2) is 5.11 Å². The van der Waals surface area contributed by atoms with Crippen LogP contribution >= 0.6 is 0 Å². The molecule has 1 N–H and O–H groups in total. The van der Waals surface area contributed by atoms with Gasteiger partial charge in [0, 0.05) is 16.5 Å². The Morgan fingerprint density at radius 3 is 2.42 bits per heavy atom. The number of rotatable bonds is 1. The molecule has 1 nitrogen and oxygen atoms in total. The summed E-state index contributed by atoms with van der Waals surface area (Å²) in [6, 6.07) is 29.4. The summed E-state index contributed by atoms with van der Waals surface area (Å²) in [6.07, 6.45) is 0. The highest BCUT2D eigenvalue weighted by Gasteiger charge is 2.35. The molecule has 0 saturated carbocycles. The van der Waals surface area contributed by atoms with E-state index in [0.29, 0.717) is 5.75 Å². The van der Waals surface area contributed by atoms with Crippen molar-refractivity contribution in [2.75, 3.05) is 0 Å². The van der Waals surface area contributed by atoms with E-state index in [2.05, 4.69) is 68.4 Å². The lowest BCUT2D eigenvalue weighted by molar-refractivity contribution is 0.476. The molecule has 0 amide bonds. The van der Waals surface area contributed by atoms with Crippen LogP contribution in [0.15, 0.2) is 66.7 Å². The summed E-state index contributed by atoms with van der Waals surface area (Å²) in [4.78, 5) is 0.